The standard InChI is InChI=1S/C22H25N3O4/c1-14-11-16(12-15(2)20(14)29-10-7-26)21-23-19-4-3-17(13-18(19)22(27)24-21)25-5-8-28-9-6-25/h3-4,11-13,26H,5-10H2,1-2H3,(H,23,24,27). The Balaban J connectivity index is 1.71. The van der Waals surface area contributed by atoms with E-state index < -0.39 is 0 Å². The van der Waals surface area contributed by atoms with E-state index in [1.807, 2.05) is 44.2 Å². The predicted octanol–water partition coefficient (Wildman–Crippen LogP) is 2.41. The molecule has 0 saturated carbocycles. The Kier molecular flexibility index (Phi) is 5.51. The number of rotatable bonds is 5. The maximum absolute atomic E-state index is 12.8. The molecule has 7 heteroatoms. The maximum Gasteiger partial charge on any atom is 0.259 e. The van der Waals surface area contributed by atoms with Crippen molar-refractivity contribution in [1.29, 1.82) is 0 Å². The second kappa shape index (κ2) is 8.23. The lowest BCUT2D eigenvalue weighted by molar-refractivity contribution is 0.122. The van der Waals surface area contributed by atoms with Gasteiger partial charge in [-0.3, -0.25) is 4.79 Å². The molecule has 2 heterocycles. The fraction of sp³-hybridized carbons (Fsp3) is 0.364. The lowest BCUT2D eigenvalue weighted by Crippen LogP contribution is -2.36. The highest BCUT2D eigenvalue weighted by molar-refractivity contribution is 5.83. The summed E-state index contributed by atoms with van der Waals surface area (Å²) in [6, 6.07) is 9.68. The minimum absolute atomic E-state index is 0.0351. The van der Waals surface area contributed by atoms with Crippen LogP contribution in [0.4, 0.5) is 5.69 Å². The smallest absolute Gasteiger partial charge is 0.259 e. The van der Waals surface area contributed by atoms with Gasteiger partial charge in [0.1, 0.15) is 18.2 Å². The molecule has 152 valence electrons. The molecule has 0 atom stereocenters. The van der Waals surface area contributed by atoms with Crippen LogP contribution in [-0.4, -0.2) is 54.6 Å². The molecular weight excluding hydrogens is 370 g/mol. The van der Waals surface area contributed by atoms with Crippen molar-refractivity contribution in [2.75, 3.05) is 44.4 Å². The zero-order chi connectivity index (χ0) is 20.4. The molecular formula is C22H25N3O4. The summed E-state index contributed by atoms with van der Waals surface area (Å²) in [7, 11) is 0. The molecule has 0 bridgehead atoms. The Morgan fingerprint density at radius 1 is 1.17 bits per heavy atom. The number of aromatic amines is 1. The van der Waals surface area contributed by atoms with Crippen LogP contribution in [0.2, 0.25) is 0 Å². The van der Waals surface area contributed by atoms with Gasteiger partial charge in [-0.1, -0.05) is 0 Å². The molecule has 7 nitrogen and oxygen atoms in total. The molecule has 1 fully saturated rings. The summed E-state index contributed by atoms with van der Waals surface area (Å²) in [6.07, 6.45) is 0. The summed E-state index contributed by atoms with van der Waals surface area (Å²) in [5.74, 6) is 1.28. The lowest BCUT2D eigenvalue weighted by Gasteiger charge is -2.28. The van der Waals surface area contributed by atoms with Crippen LogP contribution in [-0.2, 0) is 4.74 Å². The molecule has 0 aliphatic carbocycles. The molecule has 1 aliphatic heterocycles. The van der Waals surface area contributed by atoms with E-state index in [2.05, 4.69) is 14.9 Å². The first-order valence-electron chi connectivity index (χ1n) is 9.79. The number of H-pyrrole nitrogens is 1. The Morgan fingerprint density at radius 2 is 1.90 bits per heavy atom. The van der Waals surface area contributed by atoms with E-state index in [0.29, 0.717) is 29.9 Å². The normalized spacial score (nSPS) is 14.4. The highest BCUT2D eigenvalue weighted by Crippen LogP contribution is 2.29. The average Bonchev–Trinajstić information content (AvgIpc) is 2.73. The zero-order valence-electron chi connectivity index (χ0n) is 16.7. The highest BCUT2D eigenvalue weighted by Gasteiger charge is 2.14. The van der Waals surface area contributed by atoms with Gasteiger partial charge in [0.2, 0.25) is 0 Å². The molecule has 29 heavy (non-hydrogen) atoms. The van der Waals surface area contributed by atoms with Crippen LogP contribution in [0.1, 0.15) is 11.1 Å². The zero-order valence-corrected chi connectivity index (χ0v) is 16.7. The van der Waals surface area contributed by atoms with Gasteiger partial charge in [0.05, 0.1) is 30.7 Å². The van der Waals surface area contributed by atoms with Crippen LogP contribution < -0.4 is 15.2 Å². The molecule has 0 unspecified atom stereocenters. The Bertz CT molecular complexity index is 1060. The number of nitrogens with zero attached hydrogens (tertiary/aromatic N) is 2. The van der Waals surface area contributed by atoms with Gasteiger partial charge in [-0.15, -0.1) is 0 Å². The average molecular weight is 395 g/mol. The summed E-state index contributed by atoms with van der Waals surface area (Å²) < 4.78 is 11.0. The minimum atomic E-state index is -0.156. The number of aliphatic hydroxyl groups is 1. The second-order valence-corrected chi connectivity index (χ2v) is 7.23. The number of hydrogen-bond acceptors (Lipinski definition) is 6. The van der Waals surface area contributed by atoms with E-state index in [1.165, 1.54) is 0 Å². The number of benzene rings is 2. The van der Waals surface area contributed by atoms with Crippen LogP contribution in [0.15, 0.2) is 35.1 Å². The van der Waals surface area contributed by atoms with Gasteiger partial charge >= 0.3 is 0 Å². The number of fused-ring (bicyclic) bond motifs is 1. The number of morpholine rings is 1. The summed E-state index contributed by atoms with van der Waals surface area (Å²) in [5.41, 5.74) is 4.20. The Labute approximate surface area is 168 Å². The summed E-state index contributed by atoms with van der Waals surface area (Å²) in [5, 5.41) is 9.57. The second-order valence-electron chi connectivity index (χ2n) is 7.23. The van der Waals surface area contributed by atoms with Gasteiger partial charge in [-0.25, -0.2) is 4.98 Å². The van der Waals surface area contributed by atoms with Gasteiger partial charge in [-0.05, 0) is 55.3 Å². The first kappa shape index (κ1) is 19.4. The van der Waals surface area contributed by atoms with Crippen LogP contribution in [0.5, 0.6) is 5.75 Å². The van der Waals surface area contributed by atoms with E-state index in [4.69, 9.17) is 14.6 Å². The summed E-state index contributed by atoms with van der Waals surface area (Å²) >= 11 is 0. The van der Waals surface area contributed by atoms with Crippen molar-refractivity contribution in [2.45, 2.75) is 13.8 Å². The van der Waals surface area contributed by atoms with Gasteiger partial charge in [0.15, 0.2) is 0 Å². The predicted molar refractivity (Wildman–Crippen MR) is 113 cm³/mol. The number of aromatic nitrogens is 2. The SMILES string of the molecule is Cc1cc(-c2nc3ccc(N4CCOCC4)cc3c(=O)[nH]2)cc(C)c1OCCO. The third-order valence-corrected chi connectivity index (χ3v) is 5.14. The van der Waals surface area contributed by atoms with Gasteiger partial charge in [0, 0.05) is 24.3 Å². The van der Waals surface area contributed by atoms with Crippen LogP contribution in [0.25, 0.3) is 22.3 Å². The molecule has 2 N–H and O–H groups in total. The van der Waals surface area contributed by atoms with Gasteiger partial charge < -0.3 is 24.5 Å². The van der Waals surface area contributed by atoms with Crippen molar-refractivity contribution >= 4 is 16.6 Å². The lowest BCUT2D eigenvalue weighted by atomic mass is 10.0. The fourth-order valence-corrected chi connectivity index (χ4v) is 3.74. The van der Waals surface area contributed by atoms with Crippen LogP contribution in [0.3, 0.4) is 0 Å². The van der Waals surface area contributed by atoms with Gasteiger partial charge in [0.25, 0.3) is 5.56 Å². The van der Waals surface area contributed by atoms with Crippen LogP contribution >= 0.6 is 0 Å². The largest absolute Gasteiger partial charge is 0.491 e. The van der Waals surface area contributed by atoms with Gasteiger partial charge in [-0.2, -0.15) is 0 Å². The number of aliphatic hydroxyl groups excluding tert-OH is 1. The molecule has 0 amide bonds. The molecule has 2 aromatic carbocycles. The van der Waals surface area contributed by atoms with E-state index >= 15 is 0 Å². The molecule has 0 spiro atoms. The number of ether oxygens (including phenoxy) is 2. The Hall–Kier alpha value is -2.90. The Morgan fingerprint density at radius 3 is 2.59 bits per heavy atom. The fourth-order valence-electron chi connectivity index (χ4n) is 3.74. The van der Waals surface area contributed by atoms with E-state index in [-0.39, 0.29) is 18.8 Å². The van der Waals surface area contributed by atoms with Crippen molar-refractivity contribution in [3.05, 3.63) is 51.8 Å². The topological polar surface area (TPSA) is 87.7 Å². The summed E-state index contributed by atoms with van der Waals surface area (Å²) in [6.45, 7) is 7.12. The third kappa shape index (κ3) is 3.97. The number of hydrogen-bond donors (Lipinski definition) is 2. The number of anilines is 1. The van der Waals surface area contributed by atoms with Crippen molar-refractivity contribution in [1.82, 2.24) is 9.97 Å². The molecule has 1 aromatic heterocycles. The first-order chi connectivity index (χ1) is 14.1. The molecule has 1 aliphatic rings. The van der Waals surface area contributed by atoms with Crippen molar-refractivity contribution in [3.63, 3.8) is 0 Å². The highest BCUT2D eigenvalue weighted by atomic mass is 16.5. The van der Waals surface area contributed by atoms with Crippen molar-refractivity contribution < 1.29 is 14.6 Å². The maximum atomic E-state index is 12.8. The first-order valence-corrected chi connectivity index (χ1v) is 9.79. The van der Waals surface area contributed by atoms with E-state index in [0.717, 1.165) is 41.2 Å². The molecule has 3 aromatic rings. The quantitative estimate of drug-likeness (QED) is 0.690. The van der Waals surface area contributed by atoms with Crippen molar-refractivity contribution in [3.8, 4) is 17.1 Å². The van der Waals surface area contributed by atoms with E-state index in [1.54, 1.807) is 0 Å². The van der Waals surface area contributed by atoms with Crippen molar-refractivity contribution in [2.24, 2.45) is 0 Å². The third-order valence-electron chi connectivity index (χ3n) is 5.14. The minimum Gasteiger partial charge on any atom is -0.491 e. The van der Waals surface area contributed by atoms with Crippen LogP contribution in [0, 0.1) is 13.8 Å². The number of nitrogens with one attached hydrogen (secondary N) is 1. The number of aryl methyl sites for hydroxylation is 2. The molecule has 0 radical (unpaired) electrons. The molecule has 4 rings (SSSR count). The molecule has 1 saturated heterocycles. The van der Waals surface area contributed by atoms with E-state index in [9.17, 15) is 4.79 Å². The summed E-state index contributed by atoms with van der Waals surface area (Å²) in [4.78, 5) is 22.6. The monoisotopic (exact) mass is 395 g/mol.